The lowest BCUT2D eigenvalue weighted by Gasteiger charge is -2.14. The second-order valence-corrected chi connectivity index (χ2v) is 5.78. The molecule has 0 unspecified atom stereocenters. The molecule has 1 heterocycles. The maximum absolute atomic E-state index is 6.20. The van der Waals surface area contributed by atoms with Gasteiger partial charge in [-0.2, -0.15) is 0 Å². The minimum Gasteiger partial charge on any atom is -0.373 e. The molecule has 5 heteroatoms. The number of rotatable bonds is 5. The Hall–Kier alpha value is -1.81. The van der Waals surface area contributed by atoms with E-state index >= 15 is 0 Å². The van der Waals surface area contributed by atoms with E-state index in [9.17, 15) is 0 Å². The van der Waals surface area contributed by atoms with Crippen molar-refractivity contribution in [1.29, 1.82) is 0 Å². The molecule has 3 rings (SSSR count). The molecule has 1 aromatic carbocycles. The van der Waals surface area contributed by atoms with Crippen LogP contribution in [0.1, 0.15) is 35.7 Å². The van der Waals surface area contributed by atoms with Crippen LogP contribution in [-0.2, 0) is 6.54 Å². The first-order valence-corrected chi connectivity index (χ1v) is 7.60. The highest BCUT2D eigenvalue weighted by Gasteiger charge is 2.28. The van der Waals surface area contributed by atoms with Gasteiger partial charge < -0.3 is 10.6 Å². The van der Waals surface area contributed by atoms with Crippen molar-refractivity contribution in [3.05, 3.63) is 46.2 Å². The highest BCUT2D eigenvalue weighted by Crippen LogP contribution is 2.39. The lowest BCUT2D eigenvalue weighted by molar-refractivity contribution is 0.913. The fourth-order valence-corrected chi connectivity index (χ4v) is 2.50. The van der Waals surface area contributed by atoms with Gasteiger partial charge in [-0.1, -0.05) is 29.8 Å². The van der Waals surface area contributed by atoms with Gasteiger partial charge in [-0.05, 0) is 31.4 Å². The van der Waals surface area contributed by atoms with Gasteiger partial charge in [0.15, 0.2) is 0 Å². The van der Waals surface area contributed by atoms with Crippen LogP contribution < -0.4 is 10.6 Å². The molecule has 21 heavy (non-hydrogen) atoms. The molecule has 1 aromatic heterocycles. The fourth-order valence-electron chi connectivity index (χ4n) is 2.29. The van der Waals surface area contributed by atoms with Crippen molar-refractivity contribution in [2.75, 3.05) is 17.7 Å². The van der Waals surface area contributed by atoms with Gasteiger partial charge >= 0.3 is 0 Å². The molecule has 4 nitrogen and oxygen atoms in total. The predicted molar refractivity (Wildman–Crippen MR) is 87.1 cm³/mol. The molecule has 2 aromatic rings. The summed E-state index contributed by atoms with van der Waals surface area (Å²) in [5.41, 5.74) is 2.10. The van der Waals surface area contributed by atoms with E-state index in [0.29, 0.717) is 12.5 Å². The second-order valence-electron chi connectivity index (χ2n) is 5.37. The molecule has 0 amide bonds. The van der Waals surface area contributed by atoms with Crippen LogP contribution in [0.4, 0.5) is 11.6 Å². The van der Waals surface area contributed by atoms with Crippen LogP contribution in [0.25, 0.3) is 0 Å². The summed E-state index contributed by atoms with van der Waals surface area (Å²) in [5, 5.41) is 7.31. The predicted octanol–water partition coefficient (Wildman–Crippen LogP) is 3.97. The van der Waals surface area contributed by atoms with Crippen LogP contribution >= 0.6 is 11.6 Å². The van der Waals surface area contributed by atoms with Crippen LogP contribution in [-0.4, -0.2) is 17.0 Å². The zero-order valence-electron chi connectivity index (χ0n) is 12.3. The highest BCUT2D eigenvalue weighted by atomic mass is 35.5. The van der Waals surface area contributed by atoms with E-state index < -0.39 is 0 Å². The fraction of sp³-hybridized carbons (Fsp3) is 0.375. The van der Waals surface area contributed by atoms with Crippen molar-refractivity contribution in [2.24, 2.45) is 0 Å². The Morgan fingerprint density at radius 1 is 1.19 bits per heavy atom. The summed E-state index contributed by atoms with van der Waals surface area (Å²) >= 11 is 6.20. The van der Waals surface area contributed by atoms with Gasteiger partial charge in [-0.25, -0.2) is 9.97 Å². The van der Waals surface area contributed by atoms with Crippen molar-refractivity contribution in [3.63, 3.8) is 0 Å². The van der Waals surface area contributed by atoms with E-state index in [4.69, 9.17) is 11.6 Å². The monoisotopic (exact) mass is 302 g/mol. The van der Waals surface area contributed by atoms with Crippen molar-refractivity contribution in [3.8, 4) is 0 Å². The van der Waals surface area contributed by atoms with E-state index in [1.54, 1.807) is 0 Å². The molecule has 1 aliphatic rings. The Morgan fingerprint density at radius 2 is 1.90 bits per heavy atom. The highest BCUT2D eigenvalue weighted by molar-refractivity contribution is 6.31. The first-order valence-electron chi connectivity index (χ1n) is 7.22. The quantitative estimate of drug-likeness (QED) is 0.877. The summed E-state index contributed by atoms with van der Waals surface area (Å²) in [6.07, 6.45) is 2.38. The average molecular weight is 303 g/mol. The Kier molecular flexibility index (Phi) is 3.97. The molecule has 0 spiro atoms. The number of benzene rings is 1. The van der Waals surface area contributed by atoms with Crippen LogP contribution in [0.3, 0.4) is 0 Å². The normalized spacial score (nSPS) is 14.0. The molecular weight excluding hydrogens is 284 g/mol. The number of nitrogens with zero attached hydrogens (tertiary/aromatic N) is 2. The number of aromatic nitrogens is 2. The Balaban J connectivity index is 1.84. The smallest absolute Gasteiger partial charge is 0.136 e. The largest absolute Gasteiger partial charge is 0.373 e. The Morgan fingerprint density at radius 3 is 2.57 bits per heavy atom. The van der Waals surface area contributed by atoms with Gasteiger partial charge in [-0.3, -0.25) is 0 Å². The standard InChI is InChI=1S/C16H19ClN4/c1-10-14(18-2)20-16(11-7-8-11)21-15(10)19-9-12-5-3-4-6-13(12)17/h3-6,11H,7-9H2,1-2H3,(H2,18,19,20,21). The number of hydrogen-bond acceptors (Lipinski definition) is 4. The molecule has 0 radical (unpaired) electrons. The SMILES string of the molecule is CNc1nc(C2CC2)nc(NCc2ccccc2Cl)c1C. The summed E-state index contributed by atoms with van der Waals surface area (Å²) in [4.78, 5) is 9.28. The van der Waals surface area contributed by atoms with E-state index in [-0.39, 0.29) is 0 Å². The summed E-state index contributed by atoms with van der Waals surface area (Å²) in [6.45, 7) is 2.68. The topological polar surface area (TPSA) is 49.8 Å². The Bertz CT molecular complexity index is 653. The zero-order valence-corrected chi connectivity index (χ0v) is 13.0. The molecule has 110 valence electrons. The molecule has 1 saturated carbocycles. The second kappa shape index (κ2) is 5.90. The number of anilines is 2. The van der Waals surface area contributed by atoms with Gasteiger partial charge in [0.1, 0.15) is 17.5 Å². The van der Waals surface area contributed by atoms with E-state index in [2.05, 4.69) is 20.6 Å². The van der Waals surface area contributed by atoms with Crippen LogP contribution in [0.15, 0.2) is 24.3 Å². The first-order chi connectivity index (χ1) is 10.2. The van der Waals surface area contributed by atoms with Gasteiger partial charge in [0, 0.05) is 30.1 Å². The number of halogens is 1. The molecule has 0 atom stereocenters. The maximum atomic E-state index is 6.20. The van der Waals surface area contributed by atoms with Gasteiger partial charge in [0.05, 0.1) is 0 Å². The third kappa shape index (κ3) is 3.10. The van der Waals surface area contributed by atoms with Gasteiger partial charge in [-0.15, -0.1) is 0 Å². The number of nitrogens with one attached hydrogen (secondary N) is 2. The summed E-state index contributed by atoms with van der Waals surface area (Å²) in [7, 11) is 1.89. The van der Waals surface area contributed by atoms with Crippen molar-refractivity contribution in [2.45, 2.75) is 32.2 Å². The Labute approximate surface area is 130 Å². The first kappa shape index (κ1) is 14.1. The lowest BCUT2D eigenvalue weighted by Crippen LogP contribution is -2.09. The van der Waals surface area contributed by atoms with Gasteiger partial charge in [0.2, 0.25) is 0 Å². The van der Waals surface area contributed by atoms with Crippen LogP contribution in [0.5, 0.6) is 0 Å². The van der Waals surface area contributed by atoms with Crippen molar-refractivity contribution < 1.29 is 0 Å². The lowest BCUT2D eigenvalue weighted by atomic mass is 10.2. The average Bonchev–Trinajstić information content (AvgIpc) is 3.32. The van der Waals surface area contributed by atoms with Crippen molar-refractivity contribution in [1.82, 2.24) is 9.97 Å². The summed E-state index contributed by atoms with van der Waals surface area (Å²) < 4.78 is 0. The third-order valence-electron chi connectivity index (χ3n) is 3.75. The van der Waals surface area contributed by atoms with Crippen LogP contribution in [0.2, 0.25) is 5.02 Å². The number of hydrogen-bond donors (Lipinski definition) is 2. The molecule has 2 N–H and O–H groups in total. The maximum Gasteiger partial charge on any atom is 0.136 e. The molecule has 0 bridgehead atoms. The molecular formula is C16H19ClN4. The van der Waals surface area contributed by atoms with Crippen LogP contribution in [0, 0.1) is 6.92 Å². The van der Waals surface area contributed by atoms with E-state index in [0.717, 1.165) is 33.6 Å². The molecule has 1 aliphatic carbocycles. The minimum atomic E-state index is 0.526. The third-order valence-corrected chi connectivity index (χ3v) is 4.12. The molecule has 1 fully saturated rings. The summed E-state index contributed by atoms with van der Waals surface area (Å²) in [6, 6.07) is 7.85. The van der Waals surface area contributed by atoms with Crippen molar-refractivity contribution >= 4 is 23.2 Å². The molecule has 0 aliphatic heterocycles. The summed E-state index contributed by atoms with van der Waals surface area (Å²) in [5.74, 6) is 3.25. The minimum absolute atomic E-state index is 0.526. The van der Waals surface area contributed by atoms with Gasteiger partial charge in [0.25, 0.3) is 0 Å². The molecule has 0 saturated heterocycles. The van der Waals surface area contributed by atoms with E-state index in [1.807, 2.05) is 38.2 Å². The zero-order chi connectivity index (χ0) is 14.8. The van der Waals surface area contributed by atoms with E-state index in [1.165, 1.54) is 12.8 Å².